The van der Waals surface area contributed by atoms with E-state index in [1.807, 2.05) is 12.1 Å². The van der Waals surface area contributed by atoms with Gasteiger partial charge in [0.15, 0.2) is 6.54 Å². The van der Waals surface area contributed by atoms with Crippen LogP contribution >= 0.6 is 11.6 Å². The highest BCUT2D eigenvalue weighted by molar-refractivity contribution is 6.50. The Morgan fingerprint density at radius 3 is 1.34 bits per heavy atom. The molecule has 0 N–H and O–H groups in total. The Morgan fingerprint density at radius 1 is 0.526 bits per heavy atom. The molecule has 0 fully saturated rings. The van der Waals surface area contributed by atoms with Crippen molar-refractivity contribution in [2.24, 2.45) is 0 Å². The van der Waals surface area contributed by atoms with Crippen LogP contribution in [-0.4, -0.2) is 7.25 Å². The van der Waals surface area contributed by atoms with Crippen LogP contribution in [0.25, 0.3) is 33.6 Å². The molecular formula is C31H25BClF4N. The minimum absolute atomic E-state index is 0.772. The van der Waals surface area contributed by atoms with Crippen LogP contribution in [0.3, 0.4) is 0 Å². The molecule has 0 saturated heterocycles. The largest absolute Gasteiger partial charge is 0.673 e. The monoisotopic (exact) mass is 533 g/mol. The molecule has 0 atom stereocenters. The summed E-state index contributed by atoms with van der Waals surface area (Å²) in [5.41, 5.74) is 8.56. The first-order chi connectivity index (χ1) is 18.3. The summed E-state index contributed by atoms with van der Waals surface area (Å²) in [5, 5.41) is 0.772. The molecule has 0 saturated carbocycles. The van der Waals surface area contributed by atoms with Crippen LogP contribution in [0.4, 0.5) is 17.3 Å². The normalized spacial score (nSPS) is 11.0. The molecule has 38 heavy (non-hydrogen) atoms. The smallest absolute Gasteiger partial charge is 0.418 e. The molecule has 0 spiro atoms. The molecule has 0 unspecified atom stereocenters. The molecule has 7 heteroatoms. The van der Waals surface area contributed by atoms with E-state index in [1.54, 1.807) is 0 Å². The van der Waals surface area contributed by atoms with Crippen molar-refractivity contribution < 1.29 is 21.8 Å². The lowest BCUT2D eigenvalue weighted by atomic mass is 9.98. The van der Waals surface area contributed by atoms with Crippen molar-refractivity contribution in [3.8, 4) is 33.6 Å². The minimum atomic E-state index is -6.00. The van der Waals surface area contributed by atoms with E-state index in [0.29, 0.717) is 0 Å². The third-order valence-electron chi connectivity index (χ3n) is 5.95. The van der Waals surface area contributed by atoms with Crippen LogP contribution in [0, 0.1) is 0 Å². The first-order valence-electron chi connectivity index (χ1n) is 12.1. The van der Waals surface area contributed by atoms with Crippen molar-refractivity contribution in [1.29, 1.82) is 0 Å². The molecule has 1 nitrogen and oxygen atoms in total. The van der Waals surface area contributed by atoms with Crippen molar-refractivity contribution in [3.63, 3.8) is 0 Å². The van der Waals surface area contributed by atoms with Gasteiger partial charge in [-0.1, -0.05) is 90.5 Å². The number of hydrogen-bond acceptors (Lipinski definition) is 0. The molecule has 192 valence electrons. The van der Waals surface area contributed by atoms with E-state index in [4.69, 9.17) is 11.6 Å². The molecule has 0 radical (unpaired) electrons. The van der Waals surface area contributed by atoms with E-state index in [1.165, 1.54) is 39.2 Å². The molecule has 1 aromatic heterocycles. The zero-order valence-corrected chi connectivity index (χ0v) is 21.2. The second-order valence-corrected chi connectivity index (χ2v) is 9.07. The second-order valence-electron chi connectivity index (χ2n) is 8.64. The molecule has 0 aliphatic carbocycles. The summed E-state index contributed by atoms with van der Waals surface area (Å²) >= 11 is 6.11. The fraction of sp³-hybridized carbons (Fsp3) is 0.0645. The predicted octanol–water partition coefficient (Wildman–Crippen LogP) is 9.17. The lowest BCUT2D eigenvalue weighted by Gasteiger charge is -2.13. The summed E-state index contributed by atoms with van der Waals surface area (Å²) in [6.07, 6.45) is 0.923. The van der Waals surface area contributed by atoms with E-state index in [2.05, 4.69) is 120 Å². The third kappa shape index (κ3) is 7.80. The lowest BCUT2D eigenvalue weighted by molar-refractivity contribution is -0.674. The van der Waals surface area contributed by atoms with Gasteiger partial charge in [-0.05, 0) is 53.1 Å². The molecule has 0 amide bonds. The summed E-state index contributed by atoms with van der Waals surface area (Å²) in [5.74, 6) is 0. The lowest BCUT2D eigenvalue weighted by Crippen LogP contribution is -2.40. The Bertz CT molecular complexity index is 1380. The maximum absolute atomic E-state index is 9.75. The maximum Gasteiger partial charge on any atom is 0.673 e. The number of halogens is 5. The van der Waals surface area contributed by atoms with Gasteiger partial charge in [-0.2, -0.15) is 4.57 Å². The zero-order valence-electron chi connectivity index (χ0n) is 20.5. The van der Waals surface area contributed by atoms with Gasteiger partial charge in [0.05, 0.1) is 0 Å². The first-order valence-corrected chi connectivity index (χ1v) is 12.5. The Labute approximate surface area is 225 Å². The Balaban J connectivity index is 0.000000617. The SMILES string of the molecule is Clc1ccc(CC[n+]2c(-c3ccccc3)cc(-c3ccccc3)cc2-c2ccccc2)cc1.F[B-](F)(F)F. The third-order valence-corrected chi connectivity index (χ3v) is 6.20. The zero-order chi connectivity index (χ0) is 27.0. The van der Waals surface area contributed by atoms with Crippen LogP contribution in [-0.2, 0) is 13.0 Å². The van der Waals surface area contributed by atoms with E-state index in [9.17, 15) is 17.3 Å². The number of hydrogen-bond donors (Lipinski definition) is 0. The van der Waals surface area contributed by atoms with Crippen LogP contribution in [0.5, 0.6) is 0 Å². The van der Waals surface area contributed by atoms with Gasteiger partial charge < -0.3 is 17.3 Å². The number of benzene rings is 4. The van der Waals surface area contributed by atoms with Gasteiger partial charge in [0, 0.05) is 34.7 Å². The highest BCUT2D eigenvalue weighted by Gasteiger charge is 2.22. The van der Waals surface area contributed by atoms with Gasteiger partial charge in [0.2, 0.25) is 11.4 Å². The summed E-state index contributed by atoms with van der Waals surface area (Å²) < 4.78 is 41.5. The predicted molar refractivity (Wildman–Crippen MR) is 148 cm³/mol. The number of rotatable bonds is 6. The Kier molecular flexibility index (Phi) is 8.98. The first kappa shape index (κ1) is 27.1. The Hall–Kier alpha value is -3.90. The van der Waals surface area contributed by atoms with Gasteiger partial charge in [-0.15, -0.1) is 0 Å². The molecule has 5 rings (SSSR count). The average Bonchev–Trinajstić information content (AvgIpc) is 2.93. The van der Waals surface area contributed by atoms with E-state index < -0.39 is 7.25 Å². The molecular weight excluding hydrogens is 509 g/mol. The fourth-order valence-corrected chi connectivity index (χ4v) is 4.37. The summed E-state index contributed by atoms with van der Waals surface area (Å²) in [7, 11) is -6.00. The van der Waals surface area contributed by atoms with Crippen LogP contribution < -0.4 is 4.57 Å². The van der Waals surface area contributed by atoms with Gasteiger partial charge in [-0.3, -0.25) is 0 Å². The van der Waals surface area contributed by atoms with Crippen molar-refractivity contribution in [2.45, 2.75) is 13.0 Å². The van der Waals surface area contributed by atoms with Gasteiger partial charge in [-0.25, -0.2) is 0 Å². The summed E-state index contributed by atoms with van der Waals surface area (Å²) in [6.45, 7) is 0.866. The highest BCUT2D eigenvalue weighted by atomic mass is 35.5. The molecule has 1 heterocycles. The van der Waals surface area contributed by atoms with Gasteiger partial charge >= 0.3 is 7.25 Å². The van der Waals surface area contributed by atoms with E-state index in [-0.39, 0.29) is 0 Å². The quantitative estimate of drug-likeness (QED) is 0.116. The Morgan fingerprint density at radius 2 is 0.921 bits per heavy atom. The summed E-state index contributed by atoms with van der Waals surface area (Å²) in [6, 6.07) is 44.8. The standard InChI is InChI=1S/C31H25ClN.BF4/c32-29-18-16-24(17-19-29)20-21-33-30(26-12-6-2-7-13-26)22-28(25-10-4-1-5-11-25)23-31(33)27-14-8-3-9-15-27;2-1(3,4)5/h1-19,22-23H,20-21H2;/q+1;-1. The van der Waals surface area contributed by atoms with E-state index >= 15 is 0 Å². The number of aromatic nitrogens is 1. The van der Waals surface area contributed by atoms with Crippen molar-refractivity contribution in [3.05, 3.63) is 138 Å². The van der Waals surface area contributed by atoms with Crippen LogP contribution in [0.15, 0.2) is 127 Å². The number of nitrogens with zero attached hydrogens (tertiary/aromatic N) is 1. The van der Waals surface area contributed by atoms with Gasteiger partial charge in [0.25, 0.3) is 0 Å². The van der Waals surface area contributed by atoms with Crippen molar-refractivity contribution in [1.82, 2.24) is 0 Å². The minimum Gasteiger partial charge on any atom is -0.418 e. The molecule has 0 aliphatic rings. The highest BCUT2D eigenvalue weighted by Crippen LogP contribution is 2.29. The van der Waals surface area contributed by atoms with Crippen LogP contribution in [0.1, 0.15) is 5.56 Å². The molecule has 4 aromatic carbocycles. The maximum atomic E-state index is 9.75. The fourth-order valence-electron chi connectivity index (χ4n) is 4.25. The summed E-state index contributed by atoms with van der Waals surface area (Å²) in [4.78, 5) is 0. The van der Waals surface area contributed by atoms with Crippen molar-refractivity contribution >= 4 is 18.9 Å². The van der Waals surface area contributed by atoms with Gasteiger partial charge in [0.1, 0.15) is 0 Å². The molecule has 0 aliphatic heterocycles. The number of aryl methyl sites for hydroxylation is 1. The van der Waals surface area contributed by atoms with Crippen LogP contribution in [0.2, 0.25) is 5.02 Å². The topological polar surface area (TPSA) is 3.88 Å². The molecule has 5 aromatic rings. The van der Waals surface area contributed by atoms with E-state index in [0.717, 1.165) is 18.0 Å². The average molecular weight is 534 g/mol. The van der Waals surface area contributed by atoms with Crippen molar-refractivity contribution in [2.75, 3.05) is 0 Å². The number of pyridine rings is 1. The second kappa shape index (κ2) is 12.6. The molecule has 0 bridgehead atoms.